The second-order valence-corrected chi connectivity index (χ2v) is 4.70. The first-order valence-electron chi connectivity index (χ1n) is 6.87. The lowest BCUT2D eigenvalue weighted by Crippen LogP contribution is -2.23. The normalized spacial score (nSPS) is 10.3. The van der Waals surface area contributed by atoms with Crippen molar-refractivity contribution in [3.8, 4) is 0 Å². The molecule has 0 aliphatic heterocycles. The van der Waals surface area contributed by atoms with Gasteiger partial charge in [0.25, 0.3) is 5.91 Å². The number of hydrogen-bond acceptors (Lipinski definition) is 5. The number of nitrogens with zero attached hydrogens (tertiary/aromatic N) is 2. The van der Waals surface area contributed by atoms with E-state index in [-0.39, 0.29) is 24.0 Å². The highest BCUT2D eigenvalue weighted by atomic mass is 19.1. The maximum atomic E-state index is 13.1. The molecule has 7 heteroatoms. The van der Waals surface area contributed by atoms with E-state index in [1.54, 1.807) is 30.3 Å². The molecule has 0 saturated carbocycles. The predicted octanol–water partition coefficient (Wildman–Crippen LogP) is 2.88. The van der Waals surface area contributed by atoms with Gasteiger partial charge in [-0.25, -0.2) is 4.39 Å². The molecule has 1 aromatic carbocycles. The number of benzene rings is 1. The molecule has 23 heavy (non-hydrogen) atoms. The van der Waals surface area contributed by atoms with Crippen LogP contribution in [0.15, 0.2) is 59.2 Å². The Balaban J connectivity index is 1.61. The van der Waals surface area contributed by atoms with Crippen LogP contribution in [-0.2, 0) is 6.54 Å². The molecule has 6 nitrogen and oxygen atoms in total. The zero-order valence-electron chi connectivity index (χ0n) is 12.0. The van der Waals surface area contributed by atoms with E-state index in [1.807, 2.05) is 0 Å². The van der Waals surface area contributed by atoms with Gasteiger partial charge in [0, 0.05) is 5.69 Å². The van der Waals surface area contributed by atoms with E-state index in [0.29, 0.717) is 17.3 Å². The molecule has 0 atom stereocenters. The third-order valence-corrected chi connectivity index (χ3v) is 3.00. The maximum absolute atomic E-state index is 13.1. The molecule has 1 amide bonds. The fraction of sp³-hybridized carbons (Fsp3) is 0.0625. The third kappa shape index (κ3) is 3.91. The monoisotopic (exact) mass is 312 g/mol. The predicted molar refractivity (Wildman–Crippen MR) is 81.6 cm³/mol. The van der Waals surface area contributed by atoms with Gasteiger partial charge in [-0.3, -0.25) is 4.79 Å². The van der Waals surface area contributed by atoms with Gasteiger partial charge in [0.15, 0.2) is 11.5 Å². The summed E-state index contributed by atoms with van der Waals surface area (Å²) in [6.07, 6.45) is 1.54. The van der Waals surface area contributed by atoms with Crippen molar-refractivity contribution in [1.29, 1.82) is 0 Å². The Morgan fingerprint density at radius 3 is 2.74 bits per heavy atom. The second-order valence-electron chi connectivity index (χ2n) is 4.70. The molecular weight excluding hydrogens is 299 g/mol. The average Bonchev–Trinajstić information content (AvgIpc) is 3.07. The van der Waals surface area contributed by atoms with E-state index in [1.165, 1.54) is 24.5 Å². The average molecular weight is 312 g/mol. The van der Waals surface area contributed by atoms with Crippen LogP contribution in [0.5, 0.6) is 0 Å². The molecule has 0 spiro atoms. The number of aromatic nitrogens is 2. The van der Waals surface area contributed by atoms with Gasteiger partial charge in [0.1, 0.15) is 11.6 Å². The number of nitrogens with one attached hydrogen (secondary N) is 2. The molecule has 0 aliphatic rings. The molecule has 0 saturated heterocycles. The largest absolute Gasteiger partial charge is 0.467 e. The lowest BCUT2D eigenvalue weighted by atomic mass is 10.3. The molecule has 0 fully saturated rings. The quantitative estimate of drug-likeness (QED) is 0.757. The van der Waals surface area contributed by atoms with E-state index >= 15 is 0 Å². The van der Waals surface area contributed by atoms with Gasteiger partial charge in [0.2, 0.25) is 0 Å². The zero-order valence-corrected chi connectivity index (χ0v) is 12.0. The molecule has 0 bridgehead atoms. The molecule has 3 rings (SSSR count). The summed E-state index contributed by atoms with van der Waals surface area (Å²) in [7, 11) is 0. The van der Waals surface area contributed by atoms with Gasteiger partial charge >= 0.3 is 0 Å². The molecule has 0 unspecified atom stereocenters. The number of amides is 1. The molecule has 2 heterocycles. The first-order chi connectivity index (χ1) is 11.2. The molecular formula is C16H13FN4O2. The summed E-state index contributed by atoms with van der Waals surface area (Å²) in [5.41, 5.74) is 0.732. The van der Waals surface area contributed by atoms with Crippen molar-refractivity contribution in [3.05, 3.63) is 72.1 Å². The highest BCUT2D eigenvalue weighted by Crippen LogP contribution is 2.14. The van der Waals surface area contributed by atoms with Crippen molar-refractivity contribution >= 4 is 17.4 Å². The van der Waals surface area contributed by atoms with E-state index in [0.717, 1.165) is 0 Å². The van der Waals surface area contributed by atoms with E-state index in [9.17, 15) is 9.18 Å². The van der Waals surface area contributed by atoms with E-state index in [2.05, 4.69) is 20.8 Å². The first kappa shape index (κ1) is 14.7. The number of anilines is 2. The van der Waals surface area contributed by atoms with Crippen LogP contribution in [0, 0.1) is 5.82 Å². The Hall–Kier alpha value is -3.22. The van der Waals surface area contributed by atoms with E-state index < -0.39 is 0 Å². The van der Waals surface area contributed by atoms with Crippen LogP contribution in [0.3, 0.4) is 0 Å². The fourth-order valence-electron chi connectivity index (χ4n) is 1.91. The SMILES string of the molecule is O=C(NCc1ccco1)c1ccc(Nc2cccc(F)c2)nn1. The van der Waals surface area contributed by atoms with Crippen molar-refractivity contribution in [2.45, 2.75) is 6.54 Å². The molecule has 0 aliphatic carbocycles. The zero-order chi connectivity index (χ0) is 16.1. The summed E-state index contributed by atoms with van der Waals surface area (Å²) in [6.45, 7) is 0.275. The van der Waals surface area contributed by atoms with Crippen LogP contribution >= 0.6 is 0 Å². The first-order valence-corrected chi connectivity index (χ1v) is 6.87. The van der Waals surface area contributed by atoms with Crippen molar-refractivity contribution in [2.24, 2.45) is 0 Å². The third-order valence-electron chi connectivity index (χ3n) is 3.00. The second kappa shape index (κ2) is 6.69. The summed E-state index contributed by atoms with van der Waals surface area (Å²) in [4.78, 5) is 11.9. The Bertz CT molecular complexity index is 788. The van der Waals surface area contributed by atoms with Crippen molar-refractivity contribution in [1.82, 2.24) is 15.5 Å². The van der Waals surface area contributed by atoms with E-state index in [4.69, 9.17) is 4.42 Å². The van der Waals surface area contributed by atoms with Crippen molar-refractivity contribution < 1.29 is 13.6 Å². The lowest BCUT2D eigenvalue weighted by Gasteiger charge is -2.06. The molecule has 2 aromatic heterocycles. The minimum atomic E-state index is -0.355. The number of carbonyl (C=O) groups excluding carboxylic acids is 1. The fourth-order valence-corrected chi connectivity index (χ4v) is 1.91. The van der Waals surface area contributed by atoms with Crippen LogP contribution in [0.25, 0.3) is 0 Å². The van der Waals surface area contributed by atoms with Crippen molar-refractivity contribution in [2.75, 3.05) is 5.32 Å². The van der Waals surface area contributed by atoms with Gasteiger partial charge in [-0.05, 0) is 42.5 Å². The minimum Gasteiger partial charge on any atom is -0.467 e. The number of carbonyl (C=O) groups is 1. The topological polar surface area (TPSA) is 80.0 Å². The molecule has 2 N–H and O–H groups in total. The van der Waals surface area contributed by atoms with Gasteiger partial charge in [-0.1, -0.05) is 6.07 Å². The number of rotatable bonds is 5. The number of furan rings is 1. The molecule has 0 radical (unpaired) electrons. The van der Waals surface area contributed by atoms with Gasteiger partial charge in [-0.2, -0.15) is 0 Å². The Morgan fingerprint density at radius 2 is 2.04 bits per heavy atom. The number of hydrogen-bond donors (Lipinski definition) is 2. The van der Waals surface area contributed by atoms with Crippen LogP contribution in [-0.4, -0.2) is 16.1 Å². The maximum Gasteiger partial charge on any atom is 0.272 e. The summed E-state index contributed by atoms with van der Waals surface area (Å²) in [6, 6.07) is 12.6. The summed E-state index contributed by atoms with van der Waals surface area (Å²) in [5, 5.41) is 13.3. The van der Waals surface area contributed by atoms with Crippen LogP contribution < -0.4 is 10.6 Å². The van der Waals surface area contributed by atoms with Gasteiger partial charge < -0.3 is 15.1 Å². The van der Waals surface area contributed by atoms with Crippen molar-refractivity contribution in [3.63, 3.8) is 0 Å². The standard InChI is InChI=1S/C16H13FN4O2/c17-11-3-1-4-12(9-11)19-15-7-6-14(20-21-15)16(22)18-10-13-5-2-8-23-13/h1-9H,10H2,(H,18,22)(H,19,21). The summed E-state index contributed by atoms with van der Waals surface area (Å²) >= 11 is 0. The summed E-state index contributed by atoms with van der Waals surface area (Å²) in [5.74, 6) is 0.358. The van der Waals surface area contributed by atoms with Crippen LogP contribution in [0.4, 0.5) is 15.9 Å². The Kier molecular flexibility index (Phi) is 4.28. The minimum absolute atomic E-state index is 0.182. The molecule has 3 aromatic rings. The Labute approximate surface area is 131 Å². The highest BCUT2D eigenvalue weighted by molar-refractivity contribution is 5.92. The lowest BCUT2D eigenvalue weighted by molar-refractivity contribution is 0.0942. The highest BCUT2D eigenvalue weighted by Gasteiger charge is 2.09. The van der Waals surface area contributed by atoms with Crippen LogP contribution in [0.2, 0.25) is 0 Å². The molecule has 116 valence electrons. The summed E-state index contributed by atoms with van der Waals surface area (Å²) < 4.78 is 18.2. The van der Waals surface area contributed by atoms with Gasteiger partial charge in [-0.15, -0.1) is 10.2 Å². The van der Waals surface area contributed by atoms with Crippen LogP contribution in [0.1, 0.15) is 16.2 Å². The Morgan fingerprint density at radius 1 is 1.13 bits per heavy atom. The van der Waals surface area contributed by atoms with Gasteiger partial charge in [0.05, 0.1) is 12.8 Å². The smallest absolute Gasteiger partial charge is 0.272 e. The number of halogens is 1.